The first-order valence-corrected chi connectivity index (χ1v) is 7.66. The highest BCUT2D eigenvalue weighted by Gasteiger charge is 2.31. The van der Waals surface area contributed by atoms with E-state index >= 15 is 0 Å². The lowest BCUT2D eigenvalue weighted by Crippen LogP contribution is -2.40. The molecule has 1 aromatic carbocycles. The van der Waals surface area contributed by atoms with E-state index in [9.17, 15) is 13.2 Å². The van der Waals surface area contributed by atoms with Gasteiger partial charge in [0.15, 0.2) is 0 Å². The van der Waals surface area contributed by atoms with E-state index in [1.165, 1.54) is 0 Å². The number of benzene rings is 1. The Hall–Kier alpha value is -1.56. The Kier molecular flexibility index (Phi) is 4.25. The third-order valence-corrected chi connectivity index (χ3v) is 3.23. The number of aryl methyl sites for hydroxylation is 1. The zero-order chi connectivity index (χ0) is 14.8. The van der Waals surface area contributed by atoms with Crippen LogP contribution in [0.2, 0.25) is 0 Å². The first-order valence-electron chi connectivity index (χ1n) is 5.81. The average Bonchev–Trinajstić information content (AvgIpc) is 2.16. The molecular formula is C13H19NO4S. The van der Waals surface area contributed by atoms with Crippen molar-refractivity contribution in [3.63, 3.8) is 0 Å². The maximum atomic E-state index is 12.1. The molecule has 5 nitrogen and oxygen atoms in total. The quantitative estimate of drug-likeness (QED) is 0.838. The first kappa shape index (κ1) is 15.5. The molecule has 6 heteroatoms. The largest absolute Gasteiger partial charge is 0.443 e. The number of hydrogen-bond donors (Lipinski definition) is 0. The van der Waals surface area contributed by atoms with Crippen molar-refractivity contribution in [2.75, 3.05) is 10.6 Å². The van der Waals surface area contributed by atoms with Gasteiger partial charge in [-0.3, -0.25) is 0 Å². The van der Waals surface area contributed by atoms with Gasteiger partial charge in [-0.1, -0.05) is 18.2 Å². The molecule has 0 saturated carbocycles. The molecule has 0 bridgehead atoms. The summed E-state index contributed by atoms with van der Waals surface area (Å²) in [5.74, 6) is 0. The molecule has 1 rings (SSSR count). The lowest BCUT2D eigenvalue weighted by atomic mass is 10.2. The third kappa shape index (κ3) is 4.24. The summed E-state index contributed by atoms with van der Waals surface area (Å²) in [5.41, 5.74) is 0.223. The summed E-state index contributed by atoms with van der Waals surface area (Å²) in [6, 6.07) is 6.75. The molecule has 1 aromatic rings. The normalized spacial score (nSPS) is 12.1. The lowest BCUT2D eigenvalue weighted by Gasteiger charge is -2.26. The van der Waals surface area contributed by atoms with Crippen LogP contribution in [0.4, 0.5) is 10.5 Å². The molecule has 0 atom stereocenters. The Morgan fingerprint density at radius 3 is 2.16 bits per heavy atom. The third-order valence-electron chi connectivity index (χ3n) is 2.23. The van der Waals surface area contributed by atoms with Crippen LogP contribution in [0, 0.1) is 6.92 Å². The lowest BCUT2D eigenvalue weighted by molar-refractivity contribution is 0.0609. The van der Waals surface area contributed by atoms with Crippen molar-refractivity contribution >= 4 is 21.8 Å². The number of nitrogens with zero attached hydrogens (tertiary/aromatic N) is 1. The molecule has 0 aromatic heterocycles. The topological polar surface area (TPSA) is 63.7 Å². The number of para-hydroxylation sites is 1. The van der Waals surface area contributed by atoms with Crippen molar-refractivity contribution in [2.24, 2.45) is 0 Å². The number of sulfonamides is 1. The summed E-state index contributed by atoms with van der Waals surface area (Å²) < 4.78 is 29.5. The van der Waals surface area contributed by atoms with Crippen LogP contribution in [0.1, 0.15) is 26.3 Å². The average molecular weight is 285 g/mol. The van der Waals surface area contributed by atoms with E-state index in [0.717, 1.165) is 6.26 Å². The van der Waals surface area contributed by atoms with Crippen molar-refractivity contribution in [3.05, 3.63) is 29.8 Å². The van der Waals surface area contributed by atoms with Crippen molar-refractivity contribution in [1.82, 2.24) is 0 Å². The molecule has 0 fully saturated rings. The van der Waals surface area contributed by atoms with Gasteiger partial charge in [-0.2, -0.15) is 4.31 Å². The molecule has 0 aliphatic heterocycles. The Morgan fingerprint density at radius 1 is 1.21 bits per heavy atom. The highest BCUT2D eigenvalue weighted by atomic mass is 32.2. The smallest absolute Gasteiger partial charge is 0.428 e. The van der Waals surface area contributed by atoms with Gasteiger partial charge in [-0.05, 0) is 39.3 Å². The predicted octanol–water partition coefficient (Wildman–Crippen LogP) is 2.70. The van der Waals surface area contributed by atoms with Gasteiger partial charge in [0.2, 0.25) is 10.0 Å². The Bertz CT molecular complexity index is 573. The number of anilines is 1. The fraction of sp³-hybridized carbons (Fsp3) is 0.462. The van der Waals surface area contributed by atoms with Crippen molar-refractivity contribution < 1.29 is 17.9 Å². The molecule has 1 amide bonds. The van der Waals surface area contributed by atoms with Crippen LogP contribution in [0.15, 0.2) is 24.3 Å². The van der Waals surface area contributed by atoms with Gasteiger partial charge in [-0.15, -0.1) is 0 Å². The molecule has 0 spiro atoms. The van der Waals surface area contributed by atoms with Crippen molar-refractivity contribution in [2.45, 2.75) is 33.3 Å². The van der Waals surface area contributed by atoms with Gasteiger partial charge in [-0.25, -0.2) is 13.2 Å². The predicted molar refractivity (Wildman–Crippen MR) is 74.7 cm³/mol. The number of carbonyl (C=O) groups excluding carboxylic acids is 1. The zero-order valence-corrected chi connectivity index (χ0v) is 12.6. The van der Waals surface area contributed by atoms with Crippen LogP contribution < -0.4 is 4.31 Å². The van der Waals surface area contributed by atoms with E-state index in [-0.39, 0.29) is 0 Å². The monoisotopic (exact) mass is 285 g/mol. The molecule has 0 saturated heterocycles. The molecule has 0 radical (unpaired) electrons. The van der Waals surface area contributed by atoms with Crippen LogP contribution in [0.5, 0.6) is 0 Å². The summed E-state index contributed by atoms with van der Waals surface area (Å²) in [7, 11) is -3.75. The highest BCUT2D eigenvalue weighted by Crippen LogP contribution is 2.24. The minimum atomic E-state index is -3.75. The molecule has 19 heavy (non-hydrogen) atoms. The zero-order valence-electron chi connectivity index (χ0n) is 11.8. The Balaban J connectivity index is 3.26. The molecule has 0 N–H and O–H groups in total. The fourth-order valence-electron chi connectivity index (χ4n) is 1.51. The van der Waals surface area contributed by atoms with Crippen LogP contribution in [-0.4, -0.2) is 26.4 Å². The van der Waals surface area contributed by atoms with Gasteiger partial charge < -0.3 is 4.74 Å². The first-order chi connectivity index (χ1) is 8.52. The maximum Gasteiger partial charge on any atom is 0.428 e. The SMILES string of the molecule is Cc1ccccc1N(C(=O)OC(C)(C)C)S(C)(=O)=O. The maximum absolute atomic E-state index is 12.1. The van der Waals surface area contributed by atoms with Crippen LogP contribution >= 0.6 is 0 Å². The molecule has 0 aliphatic rings. The molecular weight excluding hydrogens is 266 g/mol. The van der Waals surface area contributed by atoms with Crippen LogP contribution in [0.25, 0.3) is 0 Å². The Morgan fingerprint density at radius 2 is 1.74 bits per heavy atom. The number of rotatable bonds is 2. The summed E-state index contributed by atoms with van der Waals surface area (Å²) in [5, 5.41) is 0. The van der Waals surface area contributed by atoms with E-state index in [2.05, 4.69) is 0 Å². The second kappa shape index (κ2) is 5.21. The van der Waals surface area contributed by atoms with E-state index in [0.29, 0.717) is 15.6 Å². The summed E-state index contributed by atoms with van der Waals surface area (Å²) >= 11 is 0. The number of hydrogen-bond acceptors (Lipinski definition) is 4. The number of carbonyl (C=O) groups is 1. The molecule has 0 aliphatic carbocycles. The highest BCUT2D eigenvalue weighted by molar-refractivity contribution is 7.92. The van der Waals surface area contributed by atoms with Gasteiger partial charge in [0.05, 0.1) is 11.9 Å². The second-order valence-electron chi connectivity index (χ2n) is 5.29. The van der Waals surface area contributed by atoms with E-state index < -0.39 is 21.7 Å². The number of amides is 1. The summed E-state index contributed by atoms with van der Waals surface area (Å²) in [6.07, 6.45) is 0.0768. The second-order valence-corrected chi connectivity index (χ2v) is 7.13. The number of ether oxygens (including phenoxy) is 1. The van der Waals surface area contributed by atoms with Gasteiger partial charge in [0.25, 0.3) is 0 Å². The fourth-order valence-corrected chi connectivity index (χ4v) is 2.38. The minimum Gasteiger partial charge on any atom is -0.443 e. The summed E-state index contributed by atoms with van der Waals surface area (Å²) in [6.45, 7) is 6.79. The van der Waals surface area contributed by atoms with E-state index in [1.807, 2.05) is 0 Å². The van der Waals surface area contributed by atoms with Crippen molar-refractivity contribution in [3.8, 4) is 0 Å². The van der Waals surface area contributed by atoms with Gasteiger partial charge in [0, 0.05) is 0 Å². The molecule has 0 heterocycles. The summed E-state index contributed by atoms with van der Waals surface area (Å²) in [4.78, 5) is 12.1. The standard InChI is InChI=1S/C13H19NO4S/c1-10-8-6-7-9-11(10)14(19(5,16)17)12(15)18-13(2,3)4/h6-9H,1-5H3. The van der Waals surface area contributed by atoms with E-state index in [4.69, 9.17) is 4.74 Å². The van der Waals surface area contributed by atoms with Gasteiger partial charge >= 0.3 is 6.09 Å². The minimum absolute atomic E-state index is 0.305. The molecule has 106 valence electrons. The van der Waals surface area contributed by atoms with Crippen LogP contribution in [0.3, 0.4) is 0 Å². The molecule has 0 unspecified atom stereocenters. The van der Waals surface area contributed by atoms with Crippen molar-refractivity contribution in [1.29, 1.82) is 0 Å². The van der Waals surface area contributed by atoms with Crippen LogP contribution in [-0.2, 0) is 14.8 Å². The van der Waals surface area contributed by atoms with Gasteiger partial charge in [0.1, 0.15) is 5.60 Å². The van der Waals surface area contributed by atoms with E-state index in [1.54, 1.807) is 52.0 Å². The Labute approximate surface area is 114 Å².